The van der Waals surface area contributed by atoms with Crippen molar-refractivity contribution in [2.24, 2.45) is 0 Å². The van der Waals surface area contributed by atoms with Crippen LogP contribution in [0.25, 0.3) is 5.69 Å². The van der Waals surface area contributed by atoms with Gasteiger partial charge in [0.2, 0.25) is 0 Å². The van der Waals surface area contributed by atoms with Gasteiger partial charge in [-0.1, -0.05) is 5.21 Å². The highest BCUT2D eigenvalue weighted by atomic mass is 16.5. The normalized spacial score (nSPS) is 10.1. The average Bonchev–Trinajstić information content (AvgIpc) is 2.96. The number of esters is 1. The molecule has 0 atom stereocenters. The van der Waals surface area contributed by atoms with Crippen molar-refractivity contribution in [2.75, 3.05) is 13.2 Å². The first kappa shape index (κ1) is 14.5. The molecule has 0 radical (unpaired) electrons. The van der Waals surface area contributed by atoms with Crippen LogP contribution >= 0.6 is 0 Å². The molecule has 0 spiro atoms. The summed E-state index contributed by atoms with van der Waals surface area (Å²) >= 11 is 0. The SMILES string of the molecule is CCOC(=O)CNC(=O)c1cn(-c2ccc(O)cc2)nn1. The van der Waals surface area contributed by atoms with Gasteiger partial charge in [0.15, 0.2) is 5.69 Å². The Kier molecular flexibility index (Phi) is 4.50. The largest absolute Gasteiger partial charge is 0.508 e. The summed E-state index contributed by atoms with van der Waals surface area (Å²) in [7, 11) is 0. The summed E-state index contributed by atoms with van der Waals surface area (Å²) in [6, 6.07) is 6.25. The van der Waals surface area contributed by atoms with Crippen molar-refractivity contribution in [1.82, 2.24) is 20.3 Å². The van der Waals surface area contributed by atoms with Gasteiger partial charge in [0.1, 0.15) is 12.3 Å². The molecule has 8 nitrogen and oxygen atoms in total. The van der Waals surface area contributed by atoms with Crippen LogP contribution in [0.3, 0.4) is 0 Å². The van der Waals surface area contributed by atoms with Gasteiger partial charge in [-0.15, -0.1) is 5.10 Å². The summed E-state index contributed by atoms with van der Waals surface area (Å²) in [4.78, 5) is 22.9. The number of nitrogens with zero attached hydrogens (tertiary/aromatic N) is 3. The summed E-state index contributed by atoms with van der Waals surface area (Å²) < 4.78 is 6.08. The fourth-order valence-electron chi connectivity index (χ4n) is 1.55. The van der Waals surface area contributed by atoms with Gasteiger partial charge in [0, 0.05) is 0 Å². The van der Waals surface area contributed by atoms with E-state index in [0.29, 0.717) is 5.69 Å². The molecule has 2 N–H and O–H groups in total. The van der Waals surface area contributed by atoms with Gasteiger partial charge in [-0.05, 0) is 31.2 Å². The second kappa shape index (κ2) is 6.51. The number of rotatable bonds is 5. The summed E-state index contributed by atoms with van der Waals surface area (Å²) in [5, 5.41) is 19.1. The molecule has 110 valence electrons. The molecule has 1 aromatic heterocycles. The smallest absolute Gasteiger partial charge is 0.325 e. The number of carbonyl (C=O) groups excluding carboxylic acids is 2. The number of ether oxygens (including phenoxy) is 1. The minimum Gasteiger partial charge on any atom is -0.508 e. The van der Waals surface area contributed by atoms with Crippen molar-refractivity contribution in [3.8, 4) is 11.4 Å². The molecule has 0 fully saturated rings. The molecule has 0 aliphatic rings. The standard InChI is InChI=1S/C13H14N4O4/c1-2-21-12(19)7-14-13(20)11-8-17(16-15-11)9-3-5-10(18)6-4-9/h3-6,8,18H,2,7H2,1H3,(H,14,20). The molecule has 2 rings (SSSR count). The zero-order chi connectivity index (χ0) is 15.2. The van der Waals surface area contributed by atoms with Gasteiger partial charge in [0.05, 0.1) is 18.5 Å². The van der Waals surface area contributed by atoms with Crippen molar-refractivity contribution in [1.29, 1.82) is 0 Å². The number of aromatic hydroxyl groups is 1. The van der Waals surface area contributed by atoms with E-state index in [4.69, 9.17) is 4.74 Å². The lowest BCUT2D eigenvalue weighted by atomic mass is 10.3. The van der Waals surface area contributed by atoms with E-state index in [1.54, 1.807) is 19.1 Å². The van der Waals surface area contributed by atoms with Gasteiger partial charge < -0.3 is 15.2 Å². The lowest BCUT2D eigenvalue weighted by molar-refractivity contribution is -0.141. The molecule has 2 aromatic rings. The van der Waals surface area contributed by atoms with Crippen LogP contribution in [0.1, 0.15) is 17.4 Å². The molecular formula is C13H14N4O4. The Morgan fingerprint density at radius 1 is 1.33 bits per heavy atom. The van der Waals surface area contributed by atoms with E-state index in [-0.39, 0.29) is 24.6 Å². The van der Waals surface area contributed by atoms with Crippen molar-refractivity contribution in [3.05, 3.63) is 36.2 Å². The third kappa shape index (κ3) is 3.78. The molecule has 21 heavy (non-hydrogen) atoms. The number of phenols is 1. The Balaban J connectivity index is 2.00. The van der Waals surface area contributed by atoms with E-state index in [0.717, 1.165) is 0 Å². The molecular weight excluding hydrogens is 276 g/mol. The van der Waals surface area contributed by atoms with Gasteiger partial charge in [-0.25, -0.2) is 4.68 Å². The Morgan fingerprint density at radius 2 is 2.05 bits per heavy atom. The van der Waals surface area contributed by atoms with E-state index < -0.39 is 11.9 Å². The molecule has 1 amide bonds. The number of phenolic OH excluding ortho intramolecular Hbond substituents is 1. The highest BCUT2D eigenvalue weighted by molar-refractivity contribution is 5.93. The van der Waals surface area contributed by atoms with Gasteiger partial charge in [-0.3, -0.25) is 9.59 Å². The minimum absolute atomic E-state index is 0.0763. The van der Waals surface area contributed by atoms with Crippen LogP contribution in [0.15, 0.2) is 30.5 Å². The van der Waals surface area contributed by atoms with Crippen LogP contribution in [0, 0.1) is 0 Å². The quantitative estimate of drug-likeness (QED) is 0.765. The van der Waals surface area contributed by atoms with Gasteiger partial charge >= 0.3 is 5.97 Å². The van der Waals surface area contributed by atoms with Gasteiger partial charge in [-0.2, -0.15) is 0 Å². The Morgan fingerprint density at radius 3 is 2.71 bits per heavy atom. The molecule has 0 saturated heterocycles. The van der Waals surface area contributed by atoms with Crippen molar-refractivity contribution < 1.29 is 19.4 Å². The molecule has 0 unspecified atom stereocenters. The van der Waals surface area contributed by atoms with Crippen LogP contribution in [0.4, 0.5) is 0 Å². The number of aromatic nitrogens is 3. The molecule has 1 heterocycles. The fraction of sp³-hybridized carbons (Fsp3) is 0.231. The maximum absolute atomic E-state index is 11.8. The predicted octanol–water partition coefficient (Wildman–Crippen LogP) is 0.266. The highest BCUT2D eigenvalue weighted by Gasteiger charge is 2.13. The lowest BCUT2D eigenvalue weighted by Crippen LogP contribution is -2.30. The number of benzene rings is 1. The van der Waals surface area contributed by atoms with Crippen LogP contribution in [0.2, 0.25) is 0 Å². The first-order valence-corrected chi connectivity index (χ1v) is 6.25. The second-order valence-electron chi connectivity index (χ2n) is 4.05. The third-order valence-electron chi connectivity index (χ3n) is 2.54. The number of carbonyl (C=O) groups is 2. The van der Waals surface area contributed by atoms with Crippen molar-refractivity contribution in [3.63, 3.8) is 0 Å². The highest BCUT2D eigenvalue weighted by Crippen LogP contribution is 2.12. The Bertz CT molecular complexity index is 636. The topological polar surface area (TPSA) is 106 Å². The molecule has 0 aliphatic carbocycles. The van der Waals surface area contributed by atoms with E-state index in [1.165, 1.54) is 23.0 Å². The maximum Gasteiger partial charge on any atom is 0.325 e. The molecule has 8 heteroatoms. The van der Waals surface area contributed by atoms with Crippen LogP contribution < -0.4 is 5.32 Å². The summed E-state index contributed by atoms with van der Waals surface area (Å²) in [5.74, 6) is -0.906. The Labute approximate surface area is 120 Å². The van der Waals surface area contributed by atoms with Gasteiger partial charge in [0.25, 0.3) is 5.91 Å². The van der Waals surface area contributed by atoms with Crippen LogP contribution in [-0.4, -0.2) is 45.1 Å². The van der Waals surface area contributed by atoms with Crippen LogP contribution in [0.5, 0.6) is 5.75 Å². The zero-order valence-corrected chi connectivity index (χ0v) is 11.3. The fourth-order valence-corrected chi connectivity index (χ4v) is 1.55. The summed E-state index contributed by atoms with van der Waals surface area (Å²) in [6.45, 7) is 1.72. The second-order valence-corrected chi connectivity index (χ2v) is 4.05. The summed E-state index contributed by atoms with van der Waals surface area (Å²) in [6.07, 6.45) is 1.42. The molecule has 0 bridgehead atoms. The maximum atomic E-state index is 11.8. The van der Waals surface area contributed by atoms with E-state index in [1.807, 2.05) is 0 Å². The lowest BCUT2D eigenvalue weighted by Gasteiger charge is -2.02. The van der Waals surface area contributed by atoms with Crippen LogP contribution in [-0.2, 0) is 9.53 Å². The first-order chi connectivity index (χ1) is 10.1. The molecule has 0 aliphatic heterocycles. The average molecular weight is 290 g/mol. The third-order valence-corrected chi connectivity index (χ3v) is 2.54. The first-order valence-electron chi connectivity index (χ1n) is 6.25. The number of amides is 1. The number of hydrogen-bond acceptors (Lipinski definition) is 6. The zero-order valence-electron chi connectivity index (χ0n) is 11.3. The van der Waals surface area contributed by atoms with Crippen molar-refractivity contribution >= 4 is 11.9 Å². The summed E-state index contributed by atoms with van der Waals surface area (Å²) in [5.41, 5.74) is 0.720. The number of nitrogens with one attached hydrogen (secondary N) is 1. The predicted molar refractivity (Wildman–Crippen MR) is 72.0 cm³/mol. The van der Waals surface area contributed by atoms with Crippen molar-refractivity contribution in [2.45, 2.75) is 6.92 Å². The molecule has 0 saturated carbocycles. The molecule has 1 aromatic carbocycles. The van der Waals surface area contributed by atoms with E-state index >= 15 is 0 Å². The van der Waals surface area contributed by atoms with E-state index in [2.05, 4.69) is 15.6 Å². The Hall–Kier alpha value is -2.90. The van der Waals surface area contributed by atoms with E-state index in [9.17, 15) is 14.7 Å². The number of hydrogen-bond donors (Lipinski definition) is 2. The monoisotopic (exact) mass is 290 g/mol. The minimum atomic E-state index is -0.520.